The second-order valence-corrected chi connectivity index (χ2v) is 7.62. The summed E-state index contributed by atoms with van der Waals surface area (Å²) in [7, 11) is 0. The van der Waals surface area contributed by atoms with Crippen molar-refractivity contribution < 1.29 is 0 Å². The van der Waals surface area contributed by atoms with Crippen molar-refractivity contribution in [1.29, 1.82) is 0 Å². The fourth-order valence-corrected chi connectivity index (χ4v) is 3.80. The summed E-state index contributed by atoms with van der Waals surface area (Å²) in [6, 6.07) is 0. The van der Waals surface area contributed by atoms with Crippen LogP contribution in [0.25, 0.3) is 0 Å². The van der Waals surface area contributed by atoms with E-state index in [2.05, 4.69) is 25.7 Å². The van der Waals surface area contributed by atoms with Crippen LogP contribution >= 0.6 is 0 Å². The molecule has 0 bridgehead atoms. The highest BCUT2D eigenvalue weighted by molar-refractivity contribution is 4.96. The van der Waals surface area contributed by atoms with E-state index >= 15 is 0 Å². The van der Waals surface area contributed by atoms with Crippen molar-refractivity contribution in [2.75, 3.05) is 19.6 Å². The molecule has 2 nitrogen and oxygen atoms in total. The smallest absolute Gasteiger partial charge is 0.0331 e. The number of hydrogen-bond donors (Lipinski definition) is 1. The van der Waals surface area contributed by atoms with E-state index in [-0.39, 0.29) is 0 Å². The lowest BCUT2D eigenvalue weighted by atomic mass is 9.79. The highest BCUT2D eigenvalue weighted by atomic mass is 15.2. The first-order chi connectivity index (χ1) is 8.47. The maximum Gasteiger partial charge on any atom is 0.0331 e. The van der Waals surface area contributed by atoms with E-state index in [1.807, 2.05) is 0 Å². The van der Waals surface area contributed by atoms with Crippen molar-refractivity contribution in [3.8, 4) is 0 Å². The van der Waals surface area contributed by atoms with Gasteiger partial charge in [-0.1, -0.05) is 33.6 Å². The molecule has 18 heavy (non-hydrogen) atoms. The lowest BCUT2D eigenvalue weighted by Crippen LogP contribution is -2.57. The van der Waals surface area contributed by atoms with Gasteiger partial charge >= 0.3 is 0 Å². The largest absolute Gasteiger partial charge is 0.329 e. The lowest BCUT2D eigenvalue weighted by Gasteiger charge is -2.48. The summed E-state index contributed by atoms with van der Waals surface area (Å²) in [4.78, 5) is 2.75. The number of likely N-dealkylation sites (tertiary alicyclic amines) is 1. The van der Waals surface area contributed by atoms with Crippen molar-refractivity contribution >= 4 is 0 Å². The number of nitrogens with zero attached hydrogens (tertiary/aromatic N) is 1. The van der Waals surface area contributed by atoms with Crippen LogP contribution in [0.4, 0.5) is 0 Å². The van der Waals surface area contributed by atoms with E-state index in [0.29, 0.717) is 11.0 Å². The molecule has 1 heterocycles. The highest BCUT2D eigenvalue weighted by Gasteiger charge is 2.39. The molecule has 0 aromatic carbocycles. The Hall–Kier alpha value is -0.0800. The second kappa shape index (κ2) is 5.50. The van der Waals surface area contributed by atoms with Crippen LogP contribution in [0, 0.1) is 11.3 Å². The molecule has 106 valence electrons. The normalized spacial score (nSPS) is 38.3. The van der Waals surface area contributed by atoms with Gasteiger partial charge in [-0.3, -0.25) is 4.90 Å². The Labute approximate surface area is 113 Å². The third kappa shape index (κ3) is 3.08. The van der Waals surface area contributed by atoms with Crippen LogP contribution in [0.5, 0.6) is 0 Å². The summed E-state index contributed by atoms with van der Waals surface area (Å²) in [6.07, 6.45) is 9.48. The van der Waals surface area contributed by atoms with Gasteiger partial charge in [-0.15, -0.1) is 0 Å². The number of rotatable bonds is 2. The third-order valence-electron chi connectivity index (χ3n) is 5.61. The van der Waals surface area contributed by atoms with Crippen molar-refractivity contribution in [3.63, 3.8) is 0 Å². The lowest BCUT2D eigenvalue weighted by molar-refractivity contribution is 0.0221. The molecular formula is C16H32N2. The Balaban J connectivity index is 2.03. The molecule has 1 saturated heterocycles. The molecule has 2 fully saturated rings. The zero-order valence-electron chi connectivity index (χ0n) is 12.7. The quantitative estimate of drug-likeness (QED) is 0.763. The van der Waals surface area contributed by atoms with E-state index in [4.69, 9.17) is 5.73 Å². The zero-order chi connectivity index (χ0) is 13.2. The molecule has 1 aliphatic heterocycles. The molecule has 1 aliphatic carbocycles. The summed E-state index contributed by atoms with van der Waals surface area (Å²) < 4.78 is 0. The zero-order valence-corrected chi connectivity index (χ0v) is 12.7. The summed E-state index contributed by atoms with van der Waals surface area (Å²) in [5.74, 6) is 0.902. The molecule has 2 aliphatic rings. The first-order valence-electron chi connectivity index (χ1n) is 7.93. The molecule has 0 amide bonds. The SMILES string of the molecule is CC1CCCC(CN)(N2CCC(C)(C)CC2)CC1. The van der Waals surface area contributed by atoms with Crippen molar-refractivity contribution in [2.45, 2.75) is 71.3 Å². The molecular weight excluding hydrogens is 220 g/mol. The molecule has 0 radical (unpaired) electrons. The average Bonchev–Trinajstić information content (AvgIpc) is 2.52. The molecule has 2 rings (SSSR count). The Bertz CT molecular complexity index is 264. The standard InChI is InChI=1S/C16H32N2/c1-14-5-4-7-16(13-17,8-6-14)18-11-9-15(2,3)10-12-18/h14H,4-13,17H2,1-3H3. The van der Waals surface area contributed by atoms with Gasteiger partial charge in [0.05, 0.1) is 0 Å². The van der Waals surface area contributed by atoms with E-state index in [9.17, 15) is 0 Å². The predicted octanol–water partition coefficient (Wildman–Crippen LogP) is 3.41. The van der Waals surface area contributed by atoms with E-state index in [0.717, 1.165) is 12.5 Å². The monoisotopic (exact) mass is 252 g/mol. The fourth-order valence-electron chi connectivity index (χ4n) is 3.80. The molecule has 0 aromatic rings. The van der Waals surface area contributed by atoms with Gasteiger partial charge in [-0.05, 0) is 56.5 Å². The first kappa shape index (κ1) is 14.3. The van der Waals surface area contributed by atoms with Crippen LogP contribution in [0.2, 0.25) is 0 Å². The Morgan fingerprint density at radius 2 is 1.72 bits per heavy atom. The minimum absolute atomic E-state index is 0.335. The average molecular weight is 252 g/mol. The van der Waals surface area contributed by atoms with Crippen LogP contribution in [-0.2, 0) is 0 Å². The van der Waals surface area contributed by atoms with Gasteiger partial charge in [-0.25, -0.2) is 0 Å². The third-order valence-corrected chi connectivity index (χ3v) is 5.61. The Morgan fingerprint density at radius 3 is 2.33 bits per heavy atom. The molecule has 0 spiro atoms. The Morgan fingerprint density at radius 1 is 1.06 bits per heavy atom. The highest BCUT2D eigenvalue weighted by Crippen LogP contribution is 2.39. The van der Waals surface area contributed by atoms with Crippen LogP contribution in [-0.4, -0.2) is 30.1 Å². The first-order valence-corrected chi connectivity index (χ1v) is 7.93. The van der Waals surface area contributed by atoms with E-state index in [1.165, 1.54) is 58.0 Å². The summed E-state index contributed by atoms with van der Waals surface area (Å²) in [6.45, 7) is 10.6. The molecule has 2 atom stereocenters. The van der Waals surface area contributed by atoms with Gasteiger partial charge in [0, 0.05) is 12.1 Å². The summed E-state index contributed by atoms with van der Waals surface area (Å²) >= 11 is 0. The second-order valence-electron chi connectivity index (χ2n) is 7.62. The number of hydrogen-bond acceptors (Lipinski definition) is 2. The van der Waals surface area contributed by atoms with Crippen molar-refractivity contribution in [1.82, 2.24) is 4.90 Å². The van der Waals surface area contributed by atoms with Gasteiger partial charge < -0.3 is 5.73 Å². The van der Waals surface area contributed by atoms with Gasteiger partial charge in [0.1, 0.15) is 0 Å². The predicted molar refractivity (Wildman–Crippen MR) is 78.6 cm³/mol. The van der Waals surface area contributed by atoms with Crippen molar-refractivity contribution in [3.05, 3.63) is 0 Å². The topological polar surface area (TPSA) is 29.3 Å². The van der Waals surface area contributed by atoms with Crippen LogP contribution in [0.1, 0.15) is 65.7 Å². The molecule has 2 N–H and O–H groups in total. The maximum absolute atomic E-state index is 6.21. The molecule has 1 saturated carbocycles. The minimum atomic E-state index is 0.335. The maximum atomic E-state index is 6.21. The molecule has 0 aromatic heterocycles. The summed E-state index contributed by atoms with van der Waals surface area (Å²) in [5, 5.41) is 0. The van der Waals surface area contributed by atoms with Crippen LogP contribution in [0.3, 0.4) is 0 Å². The van der Waals surface area contributed by atoms with Crippen molar-refractivity contribution in [2.24, 2.45) is 17.1 Å². The van der Waals surface area contributed by atoms with E-state index < -0.39 is 0 Å². The number of nitrogens with two attached hydrogens (primary N) is 1. The fraction of sp³-hybridized carbons (Fsp3) is 1.00. The van der Waals surface area contributed by atoms with E-state index in [1.54, 1.807) is 0 Å². The van der Waals surface area contributed by atoms with Gasteiger partial charge in [0.2, 0.25) is 0 Å². The van der Waals surface area contributed by atoms with Gasteiger partial charge in [0.15, 0.2) is 0 Å². The van der Waals surface area contributed by atoms with Crippen LogP contribution < -0.4 is 5.73 Å². The number of piperidine rings is 1. The summed E-state index contributed by atoms with van der Waals surface area (Å²) in [5.41, 5.74) is 7.09. The Kier molecular flexibility index (Phi) is 4.38. The molecule has 2 unspecified atom stereocenters. The van der Waals surface area contributed by atoms with Gasteiger partial charge in [-0.2, -0.15) is 0 Å². The van der Waals surface area contributed by atoms with Gasteiger partial charge in [0.25, 0.3) is 0 Å². The minimum Gasteiger partial charge on any atom is -0.329 e. The molecule has 2 heteroatoms. The van der Waals surface area contributed by atoms with Crippen LogP contribution in [0.15, 0.2) is 0 Å².